The van der Waals surface area contributed by atoms with E-state index >= 15 is 0 Å². The molecule has 0 aliphatic carbocycles. The van der Waals surface area contributed by atoms with Crippen LogP contribution in [0.25, 0.3) is 5.69 Å². The lowest BCUT2D eigenvalue weighted by atomic mass is 10.2. The number of nitrogens with one attached hydrogen (secondary N) is 1. The molecule has 0 fully saturated rings. The van der Waals surface area contributed by atoms with Gasteiger partial charge in [0.05, 0.1) is 17.8 Å². The number of aromatic nitrogens is 4. The van der Waals surface area contributed by atoms with Crippen LogP contribution in [0.3, 0.4) is 0 Å². The molecule has 9 heteroatoms. The number of rotatable bonds is 3. The van der Waals surface area contributed by atoms with Gasteiger partial charge in [0.1, 0.15) is 0 Å². The molecule has 1 aromatic carbocycles. The smallest absolute Gasteiger partial charge is 0.313 e. The predicted octanol–water partition coefficient (Wildman–Crippen LogP) is 2.16. The Morgan fingerprint density at radius 3 is 2.74 bits per heavy atom. The van der Waals surface area contributed by atoms with E-state index in [4.69, 9.17) is 0 Å². The van der Waals surface area contributed by atoms with Gasteiger partial charge in [-0.15, -0.1) is 5.10 Å². The molecule has 1 heterocycles. The SMILES string of the molecule is CNCc1nnnn1-c1ccc(Br)c(C(F)(F)F)c1. The summed E-state index contributed by atoms with van der Waals surface area (Å²) >= 11 is 2.89. The maximum absolute atomic E-state index is 12.8. The Balaban J connectivity index is 2.49. The lowest BCUT2D eigenvalue weighted by Gasteiger charge is -2.11. The third-order valence-electron chi connectivity index (χ3n) is 2.37. The van der Waals surface area contributed by atoms with Gasteiger partial charge < -0.3 is 5.32 Å². The van der Waals surface area contributed by atoms with E-state index in [1.54, 1.807) is 7.05 Å². The van der Waals surface area contributed by atoms with Crippen LogP contribution in [0.5, 0.6) is 0 Å². The topological polar surface area (TPSA) is 55.6 Å². The average Bonchev–Trinajstić information content (AvgIpc) is 2.77. The van der Waals surface area contributed by atoms with Crippen LogP contribution in [0.1, 0.15) is 11.4 Å². The number of halogens is 4. The summed E-state index contributed by atoms with van der Waals surface area (Å²) in [6.07, 6.45) is -4.44. The Labute approximate surface area is 114 Å². The van der Waals surface area contributed by atoms with Crippen molar-refractivity contribution in [2.45, 2.75) is 12.7 Å². The Morgan fingerprint density at radius 2 is 2.11 bits per heavy atom. The fourth-order valence-electron chi connectivity index (χ4n) is 1.54. The van der Waals surface area contributed by atoms with Crippen LogP contribution in [-0.4, -0.2) is 27.3 Å². The molecule has 0 aliphatic heterocycles. The Kier molecular flexibility index (Phi) is 3.85. The molecule has 0 amide bonds. The maximum Gasteiger partial charge on any atom is 0.417 e. The van der Waals surface area contributed by atoms with Crippen LogP contribution in [-0.2, 0) is 12.7 Å². The monoisotopic (exact) mass is 335 g/mol. The third-order valence-corrected chi connectivity index (χ3v) is 3.06. The first kappa shape index (κ1) is 13.9. The van der Waals surface area contributed by atoms with Gasteiger partial charge in [-0.25, -0.2) is 0 Å². The average molecular weight is 336 g/mol. The number of benzene rings is 1. The Bertz CT molecular complexity index is 581. The molecule has 5 nitrogen and oxygen atoms in total. The van der Waals surface area contributed by atoms with Gasteiger partial charge in [-0.05, 0) is 35.7 Å². The van der Waals surface area contributed by atoms with Crippen LogP contribution in [0.15, 0.2) is 22.7 Å². The zero-order valence-electron chi connectivity index (χ0n) is 9.74. The molecule has 0 spiro atoms. The molecule has 0 unspecified atom stereocenters. The maximum atomic E-state index is 12.8. The normalized spacial score (nSPS) is 11.8. The molecular formula is C10H9BrF3N5. The van der Waals surface area contributed by atoms with Gasteiger partial charge in [0, 0.05) is 4.47 Å². The zero-order chi connectivity index (χ0) is 14.0. The minimum Gasteiger partial charge on any atom is -0.313 e. The molecule has 2 rings (SSSR count). The fraction of sp³-hybridized carbons (Fsp3) is 0.300. The standard InChI is InChI=1S/C10H9BrF3N5/c1-15-5-9-16-17-18-19(9)6-2-3-8(11)7(4-6)10(12,13)14/h2-4,15H,5H2,1H3. The molecule has 0 bridgehead atoms. The van der Waals surface area contributed by atoms with Crippen molar-refractivity contribution < 1.29 is 13.2 Å². The van der Waals surface area contributed by atoms with Gasteiger partial charge >= 0.3 is 6.18 Å². The highest BCUT2D eigenvalue weighted by atomic mass is 79.9. The van der Waals surface area contributed by atoms with Crippen LogP contribution in [0.2, 0.25) is 0 Å². The molecule has 0 radical (unpaired) electrons. The lowest BCUT2D eigenvalue weighted by Crippen LogP contribution is -2.13. The molecule has 2 aromatic rings. The van der Waals surface area contributed by atoms with Crippen molar-refractivity contribution in [1.82, 2.24) is 25.5 Å². The van der Waals surface area contributed by atoms with Gasteiger partial charge in [-0.2, -0.15) is 17.9 Å². The van der Waals surface area contributed by atoms with Gasteiger partial charge in [0.25, 0.3) is 0 Å². The molecule has 0 atom stereocenters. The van der Waals surface area contributed by atoms with Gasteiger partial charge in [-0.3, -0.25) is 0 Å². The Hall–Kier alpha value is -1.48. The first-order chi connectivity index (χ1) is 8.93. The van der Waals surface area contributed by atoms with E-state index in [2.05, 4.69) is 36.8 Å². The largest absolute Gasteiger partial charge is 0.417 e. The minimum atomic E-state index is -4.44. The van der Waals surface area contributed by atoms with Crippen molar-refractivity contribution in [3.05, 3.63) is 34.1 Å². The summed E-state index contributed by atoms with van der Waals surface area (Å²) in [7, 11) is 1.70. The Morgan fingerprint density at radius 1 is 1.37 bits per heavy atom. The van der Waals surface area contributed by atoms with Crippen molar-refractivity contribution in [2.24, 2.45) is 0 Å². The van der Waals surface area contributed by atoms with Gasteiger partial charge in [-0.1, -0.05) is 15.9 Å². The number of tetrazole rings is 1. The van der Waals surface area contributed by atoms with Crippen molar-refractivity contribution >= 4 is 15.9 Å². The van der Waals surface area contributed by atoms with E-state index < -0.39 is 11.7 Å². The number of nitrogens with zero attached hydrogens (tertiary/aromatic N) is 4. The molecule has 1 aromatic heterocycles. The van der Waals surface area contributed by atoms with E-state index in [-0.39, 0.29) is 10.2 Å². The quantitative estimate of drug-likeness (QED) is 0.933. The van der Waals surface area contributed by atoms with Crippen LogP contribution >= 0.6 is 15.9 Å². The molecular weight excluding hydrogens is 327 g/mol. The summed E-state index contributed by atoms with van der Waals surface area (Å²) in [4.78, 5) is 0. The second kappa shape index (κ2) is 5.25. The first-order valence-electron chi connectivity index (χ1n) is 5.22. The third kappa shape index (κ3) is 2.92. The molecule has 102 valence electrons. The number of alkyl halides is 3. The van der Waals surface area contributed by atoms with E-state index in [0.29, 0.717) is 12.4 Å². The van der Waals surface area contributed by atoms with Crippen molar-refractivity contribution in [1.29, 1.82) is 0 Å². The summed E-state index contributed by atoms with van der Waals surface area (Å²) < 4.78 is 39.7. The van der Waals surface area contributed by atoms with Crippen molar-refractivity contribution in [3.8, 4) is 5.69 Å². The van der Waals surface area contributed by atoms with E-state index in [9.17, 15) is 13.2 Å². The van der Waals surface area contributed by atoms with Crippen LogP contribution < -0.4 is 5.32 Å². The van der Waals surface area contributed by atoms with E-state index in [1.807, 2.05) is 0 Å². The first-order valence-corrected chi connectivity index (χ1v) is 6.01. The second-order valence-corrected chi connectivity index (χ2v) is 4.55. The summed E-state index contributed by atoms with van der Waals surface area (Å²) in [6, 6.07) is 3.83. The fourth-order valence-corrected chi connectivity index (χ4v) is 2.01. The molecule has 0 saturated heterocycles. The van der Waals surface area contributed by atoms with Crippen molar-refractivity contribution in [2.75, 3.05) is 7.05 Å². The summed E-state index contributed by atoms with van der Waals surface area (Å²) in [6.45, 7) is 0.352. The molecule has 1 N–H and O–H groups in total. The lowest BCUT2D eigenvalue weighted by molar-refractivity contribution is -0.138. The summed E-state index contributed by atoms with van der Waals surface area (Å²) in [5.41, 5.74) is -0.512. The molecule has 0 saturated carbocycles. The van der Waals surface area contributed by atoms with Crippen LogP contribution in [0, 0.1) is 0 Å². The minimum absolute atomic E-state index is 0.0213. The predicted molar refractivity (Wildman–Crippen MR) is 64.6 cm³/mol. The van der Waals surface area contributed by atoms with Gasteiger partial charge in [0.15, 0.2) is 5.82 Å². The summed E-state index contributed by atoms with van der Waals surface area (Å²) in [5.74, 6) is 0.429. The van der Waals surface area contributed by atoms with E-state index in [1.165, 1.54) is 16.8 Å². The highest BCUT2D eigenvalue weighted by Gasteiger charge is 2.33. The molecule has 0 aliphatic rings. The van der Waals surface area contributed by atoms with E-state index in [0.717, 1.165) is 6.07 Å². The highest BCUT2D eigenvalue weighted by molar-refractivity contribution is 9.10. The zero-order valence-corrected chi connectivity index (χ0v) is 11.3. The van der Waals surface area contributed by atoms with Gasteiger partial charge in [0.2, 0.25) is 0 Å². The summed E-state index contributed by atoms with van der Waals surface area (Å²) in [5, 5.41) is 13.7. The number of hydrogen-bond donors (Lipinski definition) is 1. The highest BCUT2D eigenvalue weighted by Crippen LogP contribution is 2.35. The van der Waals surface area contributed by atoms with Crippen molar-refractivity contribution in [3.63, 3.8) is 0 Å². The van der Waals surface area contributed by atoms with Crippen LogP contribution in [0.4, 0.5) is 13.2 Å². The number of hydrogen-bond acceptors (Lipinski definition) is 4. The molecule has 19 heavy (non-hydrogen) atoms. The second-order valence-electron chi connectivity index (χ2n) is 3.70.